The Hall–Kier alpha value is -2.12. The Labute approximate surface area is 119 Å². The minimum atomic E-state index is -0.231. The zero-order valence-electron chi connectivity index (χ0n) is 11.4. The predicted molar refractivity (Wildman–Crippen MR) is 83.6 cm³/mol. The van der Waals surface area contributed by atoms with Crippen LogP contribution in [0, 0.1) is 0 Å². The second kappa shape index (κ2) is 5.89. The summed E-state index contributed by atoms with van der Waals surface area (Å²) in [5.74, 6) is 0. The van der Waals surface area contributed by atoms with E-state index in [1.54, 1.807) is 6.08 Å². The highest BCUT2D eigenvalue weighted by molar-refractivity contribution is 5.76. The fourth-order valence-corrected chi connectivity index (χ4v) is 2.65. The van der Waals surface area contributed by atoms with Gasteiger partial charge in [-0.2, -0.15) is 0 Å². The summed E-state index contributed by atoms with van der Waals surface area (Å²) in [4.78, 5) is 0. The van der Waals surface area contributed by atoms with Crippen molar-refractivity contribution in [3.8, 4) is 11.1 Å². The van der Waals surface area contributed by atoms with Gasteiger partial charge in [-0.3, -0.25) is 0 Å². The molecule has 1 heteroatoms. The second-order valence-electron chi connectivity index (χ2n) is 5.11. The topological polar surface area (TPSA) is 20.2 Å². The van der Waals surface area contributed by atoms with Gasteiger partial charge >= 0.3 is 0 Å². The van der Waals surface area contributed by atoms with Crippen LogP contribution in [0.4, 0.5) is 0 Å². The van der Waals surface area contributed by atoms with E-state index in [0.29, 0.717) is 0 Å². The lowest BCUT2D eigenvalue weighted by Gasteiger charge is -2.01. The maximum absolute atomic E-state index is 8.77. The first-order chi connectivity index (χ1) is 9.84. The van der Waals surface area contributed by atoms with E-state index in [4.69, 9.17) is 5.11 Å². The number of allylic oxidation sites excluding steroid dienone is 2. The largest absolute Gasteiger partial charge is 0.389 e. The summed E-state index contributed by atoms with van der Waals surface area (Å²) < 4.78 is 0. The fraction of sp³-hybridized carbons (Fsp3) is 0.158. The minimum absolute atomic E-state index is 0.231. The Kier molecular flexibility index (Phi) is 3.80. The molecule has 100 valence electrons. The first-order valence-corrected chi connectivity index (χ1v) is 7.02. The van der Waals surface area contributed by atoms with Gasteiger partial charge in [-0.15, -0.1) is 0 Å². The van der Waals surface area contributed by atoms with Crippen LogP contribution >= 0.6 is 0 Å². The van der Waals surface area contributed by atoms with Crippen LogP contribution in [0.2, 0.25) is 0 Å². The molecule has 1 N–H and O–H groups in total. The molecule has 1 unspecified atom stereocenters. The van der Waals surface area contributed by atoms with Gasteiger partial charge in [0.2, 0.25) is 0 Å². The number of fused-ring (bicyclic) bond motifs is 3. The summed E-state index contributed by atoms with van der Waals surface area (Å²) in [6, 6.07) is 17.3. The molecule has 0 heterocycles. The van der Waals surface area contributed by atoms with Crippen molar-refractivity contribution in [2.75, 3.05) is 0 Å². The molecule has 2 aromatic rings. The fourth-order valence-electron chi connectivity index (χ4n) is 2.65. The van der Waals surface area contributed by atoms with Gasteiger partial charge in [0, 0.05) is 0 Å². The third kappa shape index (κ3) is 2.73. The van der Waals surface area contributed by atoms with Crippen LogP contribution in [0.5, 0.6) is 0 Å². The molecule has 0 fully saturated rings. The van der Waals surface area contributed by atoms with Crippen molar-refractivity contribution >= 4 is 0 Å². The van der Waals surface area contributed by atoms with E-state index >= 15 is 0 Å². The molecule has 0 spiro atoms. The molecule has 0 aliphatic heterocycles. The third-order valence-electron chi connectivity index (χ3n) is 3.66. The Balaban J connectivity index is 0.000000147. The standard InChI is InChI=1S/C13H10.C6H8O/c1-3-7-12-10(5-1)9-11-6-2-4-8-13(11)12;7-6-4-2-1-3-5-6/h1-8H,9H2;1-4,6-7H,5H2. The Morgan fingerprint density at radius 2 is 1.40 bits per heavy atom. The van der Waals surface area contributed by atoms with E-state index < -0.39 is 0 Å². The van der Waals surface area contributed by atoms with E-state index in [9.17, 15) is 0 Å². The van der Waals surface area contributed by atoms with Gasteiger partial charge in [0.05, 0.1) is 6.10 Å². The first-order valence-electron chi connectivity index (χ1n) is 7.02. The van der Waals surface area contributed by atoms with Crippen LogP contribution in [0.3, 0.4) is 0 Å². The van der Waals surface area contributed by atoms with Crippen molar-refractivity contribution in [3.63, 3.8) is 0 Å². The lowest BCUT2D eigenvalue weighted by Crippen LogP contribution is -2.00. The number of hydrogen-bond acceptors (Lipinski definition) is 1. The van der Waals surface area contributed by atoms with Crippen molar-refractivity contribution in [2.45, 2.75) is 18.9 Å². The lowest BCUT2D eigenvalue weighted by atomic mass is 10.1. The van der Waals surface area contributed by atoms with E-state index in [1.165, 1.54) is 22.3 Å². The monoisotopic (exact) mass is 262 g/mol. The molecule has 1 atom stereocenters. The van der Waals surface area contributed by atoms with Crippen LogP contribution in [0.15, 0.2) is 72.8 Å². The van der Waals surface area contributed by atoms with Crippen LogP contribution < -0.4 is 0 Å². The highest BCUT2D eigenvalue weighted by atomic mass is 16.3. The third-order valence-corrected chi connectivity index (χ3v) is 3.66. The highest BCUT2D eigenvalue weighted by Gasteiger charge is 2.15. The summed E-state index contributed by atoms with van der Waals surface area (Å²) in [5.41, 5.74) is 5.75. The lowest BCUT2D eigenvalue weighted by molar-refractivity contribution is 0.225. The van der Waals surface area contributed by atoms with Gasteiger partial charge in [-0.1, -0.05) is 72.8 Å². The number of benzene rings is 2. The molecule has 0 saturated heterocycles. The van der Waals surface area contributed by atoms with Crippen molar-refractivity contribution in [1.82, 2.24) is 0 Å². The molecule has 0 radical (unpaired) electrons. The summed E-state index contributed by atoms with van der Waals surface area (Å²) in [6.45, 7) is 0. The van der Waals surface area contributed by atoms with Crippen LogP contribution in [0.25, 0.3) is 11.1 Å². The number of rotatable bonds is 0. The van der Waals surface area contributed by atoms with Gasteiger partial charge in [0.1, 0.15) is 0 Å². The average Bonchev–Trinajstić information content (AvgIpc) is 2.87. The Bertz CT molecular complexity index is 609. The van der Waals surface area contributed by atoms with Gasteiger partial charge < -0.3 is 5.11 Å². The van der Waals surface area contributed by atoms with E-state index in [0.717, 1.165) is 12.8 Å². The molecule has 2 aliphatic rings. The summed E-state index contributed by atoms with van der Waals surface area (Å²) >= 11 is 0. The summed E-state index contributed by atoms with van der Waals surface area (Å²) in [5, 5.41) is 8.77. The molecule has 0 bridgehead atoms. The summed E-state index contributed by atoms with van der Waals surface area (Å²) in [7, 11) is 0. The Morgan fingerprint density at radius 1 is 0.800 bits per heavy atom. The first kappa shape index (κ1) is 12.9. The van der Waals surface area contributed by atoms with E-state index in [-0.39, 0.29) is 6.10 Å². The summed E-state index contributed by atoms with van der Waals surface area (Å²) in [6.07, 6.45) is 9.17. The molecule has 20 heavy (non-hydrogen) atoms. The molecule has 0 amide bonds. The van der Waals surface area contributed by atoms with E-state index in [2.05, 4.69) is 48.5 Å². The van der Waals surface area contributed by atoms with Crippen molar-refractivity contribution in [1.29, 1.82) is 0 Å². The molecule has 2 aromatic carbocycles. The van der Waals surface area contributed by atoms with Crippen LogP contribution in [-0.4, -0.2) is 11.2 Å². The smallest absolute Gasteiger partial charge is 0.0758 e. The quantitative estimate of drug-likeness (QED) is 0.646. The molecule has 4 rings (SSSR count). The van der Waals surface area contributed by atoms with Gasteiger partial charge in [-0.25, -0.2) is 0 Å². The number of hydrogen-bond donors (Lipinski definition) is 1. The maximum atomic E-state index is 8.77. The molecule has 0 aromatic heterocycles. The van der Waals surface area contributed by atoms with Gasteiger partial charge in [-0.05, 0) is 35.1 Å². The van der Waals surface area contributed by atoms with Gasteiger partial charge in [0.15, 0.2) is 0 Å². The molecule has 2 aliphatic carbocycles. The SMILES string of the molecule is OC1C=CC=CC1.c1ccc2c(c1)Cc1ccccc1-2. The highest BCUT2D eigenvalue weighted by Crippen LogP contribution is 2.35. The molecule has 1 nitrogen and oxygen atoms in total. The van der Waals surface area contributed by atoms with Crippen molar-refractivity contribution in [3.05, 3.63) is 84.0 Å². The molecular formula is C19H18O. The Morgan fingerprint density at radius 3 is 1.85 bits per heavy atom. The zero-order valence-corrected chi connectivity index (χ0v) is 11.4. The van der Waals surface area contributed by atoms with Crippen molar-refractivity contribution < 1.29 is 5.11 Å². The predicted octanol–water partition coefficient (Wildman–Crippen LogP) is 4.12. The zero-order chi connectivity index (χ0) is 13.8. The van der Waals surface area contributed by atoms with Crippen LogP contribution in [0.1, 0.15) is 17.5 Å². The second-order valence-corrected chi connectivity index (χ2v) is 5.11. The normalized spacial score (nSPS) is 17.9. The maximum Gasteiger partial charge on any atom is 0.0758 e. The van der Waals surface area contributed by atoms with Crippen molar-refractivity contribution in [2.24, 2.45) is 0 Å². The van der Waals surface area contributed by atoms with Crippen LogP contribution in [-0.2, 0) is 6.42 Å². The molecule has 0 saturated carbocycles. The number of aliphatic hydroxyl groups excluding tert-OH is 1. The van der Waals surface area contributed by atoms with E-state index in [1.807, 2.05) is 18.2 Å². The van der Waals surface area contributed by atoms with Gasteiger partial charge in [0.25, 0.3) is 0 Å². The minimum Gasteiger partial charge on any atom is -0.389 e. The number of aliphatic hydroxyl groups is 1. The average molecular weight is 262 g/mol. The molecular weight excluding hydrogens is 244 g/mol.